The van der Waals surface area contributed by atoms with E-state index >= 15 is 0 Å². The highest BCUT2D eigenvalue weighted by Crippen LogP contribution is 2.38. The molecule has 0 unspecified atom stereocenters. The SMILES string of the molecule is Cc1ccc(COc2cccc(/C=C3\SC(=S)N(c4ccc(Cl)c(Cl)c4)C3=O)c2)cc1. The van der Waals surface area contributed by atoms with E-state index in [1.54, 1.807) is 18.2 Å². The molecule has 31 heavy (non-hydrogen) atoms. The van der Waals surface area contributed by atoms with Crippen molar-refractivity contribution in [2.24, 2.45) is 0 Å². The van der Waals surface area contributed by atoms with Crippen molar-refractivity contribution < 1.29 is 9.53 Å². The highest BCUT2D eigenvalue weighted by atomic mass is 35.5. The van der Waals surface area contributed by atoms with Gasteiger partial charge in [-0.3, -0.25) is 9.69 Å². The predicted molar refractivity (Wildman–Crippen MR) is 134 cm³/mol. The van der Waals surface area contributed by atoms with E-state index in [2.05, 4.69) is 19.1 Å². The normalized spacial score (nSPS) is 15.1. The fraction of sp³-hybridized carbons (Fsp3) is 0.0833. The summed E-state index contributed by atoms with van der Waals surface area (Å²) >= 11 is 18.8. The van der Waals surface area contributed by atoms with Gasteiger partial charge in [0.2, 0.25) is 0 Å². The Morgan fingerprint density at radius 3 is 2.55 bits per heavy atom. The molecule has 3 aromatic rings. The number of ether oxygens (including phenoxy) is 1. The van der Waals surface area contributed by atoms with Crippen molar-refractivity contribution in [2.45, 2.75) is 13.5 Å². The first-order valence-electron chi connectivity index (χ1n) is 9.42. The second kappa shape index (κ2) is 9.45. The molecule has 4 rings (SSSR count). The molecule has 7 heteroatoms. The van der Waals surface area contributed by atoms with E-state index < -0.39 is 0 Å². The fourth-order valence-corrected chi connectivity index (χ4v) is 4.60. The molecule has 3 nitrogen and oxygen atoms in total. The lowest BCUT2D eigenvalue weighted by Crippen LogP contribution is -2.27. The Labute approximate surface area is 200 Å². The highest BCUT2D eigenvalue weighted by molar-refractivity contribution is 8.27. The Hall–Kier alpha value is -2.31. The predicted octanol–water partition coefficient (Wildman–Crippen LogP) is 7.29. The Bertz CT molecular complexity index is 1190. The van der Waals surface area contributed by atoms with Crippen LogP contribution in [0.3, 0.4) is 0 Å². The second-order valence-corrected chi connectivity index (χ2v) is 9.45. The van der Waals surface area contributed by atoms with E-state index in [9.17, 15) is 4.79 Å². The number of hydrogen-bond donors (Lipinski definition) is 0. The molecule has 1 fully saturated rings. The van der Waals surface area contributed by atoms with Crippen molar-refractivity contribution in [2.75, 3.05) is 4.90 Å². The van der Waals surface area contributed by atoms with Crippen LogP contribution in [0.25, 0.3) is 6.08 Å². The van der Waals surface area contributed by atoms with Crippen LogP contribution >= 0.6 is 47.2 Å². The van der Waals surface area contributed by atoms with E-state index in [1.165, 1.54) is 22.2 Å². The van der Waals surface area contributed by atoms with E-state index in [0.717, 1.165) is 16.9 Å². The van der Waals surface area contributed by atoms with Gasteiger partial charge in [0.05, 0.1) is 20.6 Å². The van der Waals surface area contributed by atoms with E-state index in [0.29, 0.717) is 31.6 Å². The van der Waals surface area contributed by atoms with E-state index in [4.69, 9.17) is 40.2 Å². The summed E-state index contributed by atoms with van der Waals surface area (Å²) in [6, 6.07) is 20.8. The largest absolute Gasteiger partial charge is 0.489 e. The summed E-state index contributed by atoms with van der Waals surface area (Å²) in [5, 5.41) is 0.796. The third kappa shape index (κ3) is 5.13. The summed E-state index contributed by atoms with van der Waals surface area (Å²) in [6.45, 7) is 2.53. The molecule has 0 spiro atoms. The number of thioether (sulfide) groups is 1. The van der Waals surface area contributed by atoms with Gasteiger partial charge in [0.15, 0.2) is 4.32 Å². The lowest BCUT2D eigenvalue weighted by atomic mass is 10.1. The van der Waals surface area contributed by atoms with Crippen LogP contribution in [0, 0.1) is 6.92 Å². The monoisotopic (exact) mass is 485 g/mol. The Kier molecular flexibility index (Phi) is 6.68. The standard InChI is InChI=1S/C24H17Cl2NO2S2/c1-15-5-7-16(8-6-15)14-29-19-4-2-3-17(11-19)12-22-23(28)27(24(30)31-22)18-9-10-20(25)21(26)13-18/h2-13H,14H2,1H3/b22-12-. The van der Waals surface area contributed by atoms with Crippen LogP contribution in [-0.2, 0) is 11.4 Å². The van der Waals surface area contributed by atoms with Crippen molar-refractivity contribution in [3.8, 4) is 5.75 Å². The number of nitrogens with zero attached hydrogens (tertiary/aromatic N) is 1. The van der Waals surface area contributed by atoms with Crippen molar-refractivity contribution in [1.82, 2.24) is 0 Å². The van der Waals surface area contributed by atoms with Crippen molar-refractivity contribution >= 4 is 69.2 Å². The van der Waals surface area contributed by atoms with Gasteiger partial charge in [0.1, 0.15) is 12.4 Å². The molecule has 0 aromatic heterocycles. The summed E-state index contributed by atoms with van der Waals surface area (Å²) in [6.07, 6.45) is 1.82. The summed E-state index contributed by atoms with van der Waals surface area (Å²) in [4.78, 5) is 15.0. The summed E-state index contributed by atoms with van der Waals surface area (Å²) in [7, 11) is 0. The van der Waals surface area contributed by atoms with Crippen LogP contribution < -0.4 is 9.64 Å². The lowest BCUT2D eigenvalue weighted by molar-refractivity contribution is -0.113. The number of benzene rings is 3. The Morgan fingerprint density at radius 1 is 1.03 bits per heavy atom. The molecule has 1 heterocycles. The van der Waals surface area contributed by atoms with Gasteiger partial charge in [-0.1, -0.05) is 89.1 Å². The third-order valence-corrected chi connectivity index (χ3v) is 6.68. The van der Waals surface area contributed by atoms with Gasteiger partial charge in [-0.2, -0.15) is 0 Å². The van der Waals surface area contributed by atoms with Gasteiger partial charge in [-0.15, -0.1) is 0 Å². The van der Waals surface area contributed by atoms with Gasteiger partial charge in [-0.05, 0) is 54.5 Å². The maximum Gasteiger partial charge on any atom is 0.270 e. The molecule has 0 aliphatic carbocycles. The van der Waals surface area contributed by atoms with Crippen LogP contribution in [0.15, 0.2) is 71.6 Å². The Morgan fingerprint density at radius 2 is 1.81 bits per heavy atom. The number of carbonyl (C=O) groups is 1. The molecular weight excluding hydrogens is 469 g/mol. The number of amides is 1. The number of thiocarbonyl (C=S) groups is 1. The van der Waals surface area contributed by atoms with Gasteiger partial charge in [0, 0.05) is 0 Å². The zero-order chi connectivity index (χ0) is 22.0. The molecule has 3 aromatic carbocycles. The first-order chi connectivity index (χ1) is 14.9. The maximum absolute atomic E-state index is 13.0. The second-order valence-electron chi connectivity index (χ2n) is 6.96. The first-order valence-corrected chi connectivity index (χ1v) is 11.4. The number of rotatable bonds is 5. The minimum Gasteiger partial charge on any atom is -0.489 e. The smallest absolute Gasteiger partial charge is 0.270 e. The molecule has 1 aliphatic rings. The zero-order valence-electron chi connectivity index (χ0n) is 16.5. The van der Waals surface area contributed by atoms with E-state index in [-0.39, 0.29) is 5.91 Å². The number of aryl methyl sites for hydroxylation is 1. The van der Waals surface area contributed by atoms with Crippen molar-refractivity contribution in [1.29, 1.82) is 0 Å². The average molecular weight is 486 g/mol. The lowest BCUT2D eigenvalue weighted by Gasteiger charge is -2.15. The number of halogens is 2. The van der Waals surface area contributed by atoms with Crippen molar-refractivity contribution in [3.63, 3.8) is 0 Å². The minimum atomic E-state index is -0.195. The van der Waals surface area contributed by atoms with Crippen molar-refractivity contribution in [3.05, 3.63) is 98.4 Å². The molecule has 0 saturated carbocycles. The van der Waals surface area contributed by atoms with Crippen LogP contribution in [0.5, 0.6) is 5.75 Å². The number of carbonyl (C=O) groups excluding carboxylic acids is 1. The van der Waals surface area contributed by atoms with Gasteiger partial charge in [0.25, 0.3) is 5.91 Å². The zero-order valence-corrected chi connectivity index (χ0v) is 19.6. The molecule has 156 valence electrons. The van der Waals surface area contributed by atoms with Crippen LogP contribution in [0.4, 0.5) is 5.69 Å². The van der Waals surface area contributed by atoms with Gasteiger partial charge < -0.3 is 4.74 Å². The van der Waals surface area contributed by atoms with Gasteiger partial charge in [-0.25, -0.2) is 0 Å². The summed E-state index contributed by atoms with van der Waals surface area (Å²) < 4.78 is 6.36. The van der Waals surface area contributed by atoms with Gasteiger partial charge >= 0.3 is 0 Å². The molecular formula is C24H17Cl2NO2S2. The van der Waals surface area contributed by atoms with Crippen LogP contribution in [0.2, 0.25) is 10.0 Å². The molecule has 0 bridgehead atoms. The maximum atomic E-state index is 13.0. The van der Waals surface area contributed by atoms with Crippen LogP contribution in [-0.4, -0.2) is 10.2 Å². The quantitative estimate of drug-likeness (QED) is 0.280. The number of anilines is 1. The average Bonchev–Trinajstić information content (AvgIpc) is 3.03. The molecule has 1 saturated heterocycles. The molecule has 1 amide bonds. The Balaban J connectivity index is 1.51. The third-order valence-electron chi connectivity index (χ3n) is 4.64. The highest BCUT2D eigenvalue weighted by Gasteiger charge is 2.33. The molecule has 0 N–H and O–H groups in total. The number of hydrogen-bond acceptors (Lipinski definition) is 4. The van der Waals surface area contributed by atoms with E-state index in [1.807, 2.05) is 42.5 Å². The molecule has 1 aliphatic heterocycles. The summed E-state index contributed by atoms with van der Waals surface area (Å²) in [5.41, 5.74) is 3.76. The summed E-state index contributed by atoms with van der Waals surface area (Å²) in [5.74, 6) is 0.536. The molecule has 0 atom stereocenters. The van der Waals surface area contributed by atoms with Crippen LogP contribution in [0.1, 0.15) is 16.7 Å². The first kappa shape index (κ1) is 21.9. The fourth-order valence-electron chi connectivity index (χ4n) is 3.01. The molecule has 0 radical (unpaired) electrons. The topological polar surface area (TPSA) is 29.5 Å². The minimum absolute atomic E-state index is 0.195.